The van der Waals surface area contributed by atoms with E-state index in [-0.39, 0.29) is 0 Å². The highest BCUT2D eigenvalue weighted by molar-refractivity contribution is 5.81. The lowest BCUT2D eigenvalue weighted by Gasteiger charge is -2.39. The Kier molecular flexibility index (Phi) is 7.61. The fourth-order valence-corrected chi connectivity index (χ4v) is 5.70. The molecule has 1 fully saturated rings. The van der Waals surface area contributed by atoms with E-state index in [0.29, 0.717) is 23.8 Å². The van der Waals surface area contributed by atoms with Crippen LogP contribution in [-0.4, -0.2) is 20.3 Å². The SMILES string of the molecule is CC(C)c1ccc(Nc2nc3cc(CCC(C)(C)O)ccc3n2[C@@H]2C[C@H](C)CC[C@H]2C(C)C)cc1. The van der Waals surface area contributed by atoms with E-state index >= 15 is 0 Å². The highest BCUT2D eigenvalue weighted by Crippen LogP contribution is 2.44. The Morgan fingerprint density at radius 1 is 1.06 bits per heavy atom. The van der Waals surface area contributed by atoms with Crippen molar-refractivity contribution >= 4 is 22.7 Å². The quantitative estimate of drug-likeness (QED) is 0.345. The van der Waals surface area contributed by atoms with Crippen molar-refractivity contribution in [3.63, 3.8) is 0 Å². The molecule has 0 radical (unpaired) electrons. The van der Waals surface area contributed by atoms with Crippen molar-refractivity contribution in [3.8, 4) is 0 Å². The van der Waals surface area contributed by atoms with Crippen molar-refractivity contribution < 1.29 is 5.11 Å². The van der Waals surface area contributed by atoms with E-state index < -0.39 is 5.60 Å². The van der Waals surface area contributed by atoms with Gasteiger partial charge in [0.2, 0.25) is 5.95 Å². The van der Waals surface area contributed by atoms with E-state index in [4.69, 9.17) is 4.98 Å². The molecule has 2 aromatic carbocycles. The molecule has 0 saturated heterocycles. The van der Waals surface area contributed by atoms with Crippen LogP contribution in [0.3, 0.4) is 0 Å². The third-order valence-electron chi connectivity index (χ3n) is 7.93. The molecule has 0 spiro atoms. The molecule has 3 atom stereocenters. The van der Waals surface area contributed by atoms with Crippen molar-refractivity contribution in [1.82, 2.24) is 9.55 Å². The molecular weight excluding hydrogens is 430 g/mol. The first-order valence-electron chi connectivity index (χ1n) is 13.6. The molecule has 1 aliphatic carbocycles. The Labute approximate surface area is 212 Å². The molecule has 0 amide bonds. The molecule has 4 heteroatoms. The number of aliphatic hydroxyl groups is 1. The summed E-state index contributed by atoms with van der Waals surface area (Å²) in [6, 6.07) is 15.9. The second-order valence-electron chi connectivity index (χ2n) is 12.2. The molecule has 2 N–H and O–H groups in total. The molecule has 1 saturated carbocycles. The van der Waals surface area contributed by atoms with E-state index in [2.05, 4.69) is 87.0 Å². The molecule has 4 nitrogen and oxygen atoms in total. The zero-order chi connectivity index (χ0) is 25.3. The average Bonchev–Trinajstić information content (AvgIpc) is 3.14. The summed E-state index contributed by atoms with van der Waals surface area (Å²) in [5.41, 5.74) is 5.25. The van der Waals surface area contributed by atoms with Gasteiger partial charge in [-0.05, 0) is 98.6 Å². The molecule has 0 bridgehead atoms. The van der Waals surface area contributed by atoms with Gasteiger partial charge in [-0.3, -0.25) is 0 Å². The topological polar surface area (TPSA) is 50.1 Å². The van der Waals surface area contributed by atoms with E-state index in [1.807, 2.05) is 13.8 Å². The standard InChI is InChI=1S/C31H45N3O/c1-20(2)24-10-12-25(13-11-24)32-30-33-27-19-23(16-17-31(6,7)35)9-15-28(27)34(30)29-18-22(5)8-14-26(29)21(3)4/h9-13,15,19-22,26,29,35H,8,14,16-18H2,1-7H3,(H,32,33)/t22-,26+,29-/m1/s1. The zero-order valence-electron chi connectivity index (χ0n) is 22.8. The number of aromatic nitrogens is 2. The Hall–Kier alpha value is -2.33. The average molecular weight is 476 g/mol. The highest BCUT2D eigenvalue weighted by Gasteiger charge is 2.34. The Morgan fingerprint density at radius 2 is 1.77 bits per heavy atom. The molecule has 1 aliphatic rings. The maximum atomic E-state index is 10.2. The summed E-state index contributed by atoms with van der Waals surface area (Å²) in [5.74, 6) is 3.46. The molecule has 190 valence electrons. The van der Waals surface area contributed by atoms with Gasteiger partial charge >= 0.3 is 0 Å². The molecule has 0 unspecified atom stereocenters. The van der Waals surface area contributed by atoms with Gasteiger partial charge in [0.05, 0.1) is 16.6 Å². The summed E-state index contributed by atoms with van der Waals surface area (Å²) in [6.07, 6.45) is 5.36. The van der Waals surface area contributed by atoms with Crippen molar-refractivity contribution in [1.29, 1.82) is 0 Å². The molecular formula is C31H45N3O. The maximum Gasteiger partial charge on any atom is 0.208 e. The largest absolute Gasteiger partial charge is 0.390 e. The molecule has 3 aromatic rings. The summed E-state index contributed by atoms with van der Waals surface area (Å²) < 4.78 is 2.51. The smallest absolute Gasteiger partial charge is 0.208 e. The lowest BCUT2D eigenvalue weighted by atomic mass is 9.74. The van der Waals surface area contributed by atoms with Gasteiger partial charge in [-0.25, -0.2) is 4.98 Å². The second-order valence-corrected chi connectivity index (χ2v) is 12.2. The normalized spacial score (nSPS) is 21.3. The monoisotopic (exact) mass is 475 g/mol. The van der Waals surface area contributed by atoms with Crippen LogP contribution in [0.4, 0.5) is 11.6 Å². The number of nitrogens with one attached hydrogen (secondary N) is 1. The van der Waals surface area contributed by atoms with Gasteiger partial charge in [-0.15, -0.1) is 0 Å². The Bertz CT molecular complexity index is 1120. The number of aryl methyl sites for hydroxylation is 1. The Balaban J connectivity index is 1.76. The minimum Gasteiger partial charge on any atom is -0.390 e. The number of imidazole rings is 1. The van der Waals surface area contributed by atoms with Crippen LogP contribution in [0.25, 0.3) is 11.0 Å². The third-order valence-corrected chi connectivity index (χ3v) is 7.93. The van der Waals surface area contributed by atoms with Crippen LogP contribution in [0.2, 0.25) is 0 Å². The van der Waals surface area contributed by atoms with Crippen LogP contribution >= 0.6 is 0 Å². The van der Waals surface area contributed by atoms with Crippen molar-refractivity contribution in [3.05, 3.63) is 53.6 Å². The van der Waals surface area contributed by atoms with Crippen LogP contribution in [-0.2, 0) is 6.42 Å². The van der Waals surface area contributed by atoms with Gasteiger partial charge in [0.1, 0.15) is 0 Å². The predicted molar refractivity (Wildman–Crippen MR) is 149 cm³/mol. The van der Waals surface area contributed by atoms with Crippen LogP contribution < -0.4 is 5.32 Å². The maximum absolute atomic E-state index is 10.2. The molecule has 1 aromatic heterocycles. The number of nitrogens with zero attached hydrogens (tertiary/aromatic N) is 2. The van der Waals surface area contributed by atoms with Gasteiger partial charge in [0.15, 0.2) is 0 Å². The molecule has 35 heavy (non-hydrogen) atoms. The van der Waals surface area contributed by atoms with Gasteiger partial charge in [0, 0.05) is 11.7 Å². The van der Waals surface area contributed by atoms with Crippen molar-refractivity contribution in [2.75, 3.05) is 5.32 Å². The van der Waals surface area contributed by atoms with Crippen LogP contribution in [0.5, 0.6) is 0 Å². The lowest BCUT2D eigenvalue weighted by molar-refractivity contribution is 0.0714. The third kappa shape index (κ3) is 6.09. The fraction of sp³-hybridized carbons (Fsp3) is 0.581. The minimum absolute atomic E-state index is 0.434. The lowest BCUT2D eigenvalue weighted by Crippen LogP contribution is -2.30. The van der Waals surface area contributed by atoms with Crippen LogP contribution in [0, 0.1) is 17.8 Å². The van der Waals surface area contributed by atoms with E-state index in [1.165, 1.54) is 35.9 Å². The predicted octanol–water partition coefficient (Wildman–Crippen LogP) is 8.24. The Morgan fingerprint density at radius 3 is 2.40 bits per heavy atom. The first-order valence-corrected chi connectivity index (χ1v) is 13.6. The highest BCUT2D eigenvalue weighted by atomic mass is 16.3. The number of anilines is 2. The summed E-state index contributed by atoms with van der Waals surface area (Å²) in [6.45, 7) is 15.4. The van der Waals surface area contributed by atoms with Crippen LogP contribution in [0.1, 0.15) is 97.2 Å². The summed E-state index contributed by atoms with van der Waals surface area (Å²) in [4.78, 5) is 5.15. The summed E-state index contributed by atoms with van der Waals surface area (Å²) in [7, 11) is 0. The van der Waals surface area contributed by atoms with E-state index in [0.717, 1.165) is 35.9 Å². The van der Waals surface area contributed by atoms with Gasteiger partial charge in [-0.1, -0.05) is 59.2 Å². The number of hydrogen-bond donors (Lipinski definition) is 2. The first kappa shape index (κ1) is 25.8. The van der Waals surface area contributed by atoms with Crippen molar-refractivity contribution in [2.45, 2.75) is 98.1 Å². The minimum atomic E-state index is -0.661. The summed E-state index contributed by atoms with van der Waals surface area (Å²) in [5, 5.41) is 13.9. The molecule has 0 aliphatic heterocycles. The number of rotatable bonds is 8. The first-order chi connectivity index (χ1) is 16.5. The van der Waals surface area contributed by atoms with E-state index in [1.54, 1.807) is 0 Å². The fourth-order valence-electron chi connectivity index (χ4n) is 5.70. The molecule has 4 rings (SSSR count). The number of benzene rings is 2. The van der Waals surface area contributed by atoms with Gasteiger partial charge in [-0.2, -0.15) is 0 Å². The zero-order valence-corrected chi connectivity index (χ0v) is 22.8. The van der Waals surface area contributed by atoms with Crippen LogP contribution in [0.15, 0.2) is 42.5 Å². The van der Waals surface area contributed by atoms with E-state index in [9.17, 15) is 5.11 Å². The number of hydrogen-bond acceptors (Lipinski definition) is 3. The number of fused-ring (bicyclic) bond motifs is 1. The van der Waals surface area contributed by atoms with Gasteiger partial charge < -0.3 is 15.0 Å². The second kappa shape index (κ2) is 10.3. The molecule has 1 heterocycles. The van der Waals surface area contributed by atoms with Crippen molar-refractivity contribution in [2.24, 2.45) is 17.8 Å². The van der Waals surface area contributed by atoms with Gasteiger partial charge in [0.25, 0.3) is 0 Å². The summed E-state index contributed by atoms with van der Waals surface area (Å²) >= 11 is 0.